The van der Waals surface area contributed by atoms with E-state index >= 15 is 0 Å². The summed E-state index contributed by atoms with van der Waals surface area (Å²) in [5, 5.41) is 0. The Labute approximate surface area is 100.0 Å². The van der Waals surface area contributed by atoms with Gasteiger partial charge < -0.3 is 23.9 Å². The quantitative estimate of drug-likeness (QED) is 0.289. The van der Waals surface area contributed by atoms with Gasteiger partial charge in [-0.05, 0) is 0 Å². The summed E-state index contributed by atoms with van der Waals surface area (Å²) in [4.78, 5) is 25.6. The minimum absolute atomic E-state index is 0. The van der Waals surface area contributed by atoms with Gasteiger partial charge >= 0.3 is 69.9 Å². The van der Waals surface area contributed by atoms with Crippen LogP contribution in [0.15, 0.2) is 0 Å². The van der Waals surface area contributed by atoms with Crippen LogP contribution in [-0.4, -0.2) is 0 Å². The molecule has 4 nitrogen and oxygen atoms in total. The second-order valence-electron chi connectivity index (χ2n) is 0.447. The molecule has 0 heterocycles. The van der Waals surface area contributed by atoms with Gasteiger partial charge in [-0.2, -0.15) is 7.82 Å². The summed E-state index contributed by atoms with van der Waals surface area (Å²) in [7, 11) is -5.39. The smallest absolute Gasteiger partial charge is 1.00 e. The van der Waals surface area contributed by atoms with Crippen molar-refractivity contribution in [1.29, 1.82) is 0 Å². The van der Waals surface area contributed by atoms with Crippen molar-refractivity contribution < 1.29 is 93.9 Å². The van der Waals surface area contributed by atoms with E-state index < -0.39 is 7.82 Å². The molecule has 8 heavy (non-hydrogen) atoms. The molecule has 0 rings (SSSR count). The monoisotopic (exact) mass is 204 g/mol. The van der Waals surface area contributed by atoms with Crippen molar-refractivity contribution in [3.63, 3.8) is 0 Å². The van der Waals surface area contributed by atoms with Crippen molar-refractivity contribution in [3.8, 4) is 0 Å². The molecule has 0 spiro atoms. The minimum Gasteiger partial charge on any atom is -1.00 e. The Hall–Kier alpha value is 2.26. The van der Waals surface area contributed by atoms with E-state index in [0.29, 0.717) is 0 Å². The van der Waals surface area contributed by atoms with Crippen LogP contribution < -0.4 is 70.8 Å². The molecule has 0 radical (unpaired) electrons. The first kappa shape index (κ1) is 22.5. The Morgan fingerprint density at radius 2 is 1.12 bits per heavy atom. The van der Waals surface area contributed by atoms with E-state index in [0.717, 1.165) is 0 Å². The number of phosphoric acid groups is 1. The Bertz CT molecular complexity index is 62.2. The molecular formula is FKO4PV+2. The van der Waals surface area contributed by atoms with Crippen LogP contribution in [0.2, 0.25) is 0 Å². The van der Waals surface area contributed by atoms with Crippen LogP contribution in [-0.2, 0) is 23.1 Å². The van der Waals surface area contributed by atoms with E-state index in [9.17, 15) is 0 Å². The average molecular weight is 204 g/mol. The summed E-state index contributed by atoms with van der Waals surface area (Å²) in [6, 6.07) is 0. The van der Waals surface area contributed by atoms with Crippen LogP contribution in [0.1, 0.15) is 0 Å². The maximum atomic E-state index is 8.55. The molecule has 0 atom stereocenters. The Balaban J connectivity index is -0.0000000267. The molecule has 0 amide bonds. The molecular weight excluding hydrogens is 204 g/mol. The topological polar surface area (TPSA) is 86.2 Å². The van der Waals surface area contributed by atoms with Gasteiger partial charge in [-0.3, -0.25) is 0 Å². The summed E-state index contributed by atoms with van der Waals surface area (Å²) < 4.78 is 8.55. The average Bonchev–Trinajstić information content (AvgIpc) is 0.722. The Morgan fingerprint density at radius 1 is 1.12 bits per heavy atom. The first-order valence-corrected chi connectivity index (χ1v) is 2.19. The van der Waals surface area contributed by atoms with Crippen LogP contribution in [0.3, 0.4) is 0 Å². The van der Waals surface area contributed by atoms with E-state index in [1.807, 2.05) is 0 Å². The predicted molar refractivity (Wildman–Crippen MR) is 7.61 cm³/mol. The molecule has 0 aromatic heterocycles. The molecule has 0 aromatic rings. The molecule has 0 unspecified atom stereocenters. The molecule has 0 aliphatic rings. The second-order valence-corrected chi connectivity index (χ2v) is 1.34. The van der Waals surface area contributed by atoms with Crippen molar-refractivity contribution in [2.24, 2.45) is 0 Å². The molecule has 0 saturated carbocycles. The van der Waals surface area contributed by atoms with Crippen molar-refractivity contribution in [2.75, 3.05) is 0 Å². The maximum absolute atomic E-state index is 8.55. The van der Waals surface area contributed by atoms with Gasteiger partial charge in [-0.25, -0.2) is 0 Å². The fourth-order valence-electron chi connectivity index (χ4n) is 0. The molecule has 0 aromatic carbocycles. The third kappa shape index (κ3) is 85.2. The van der Waals surface area contributed by atoms with Gasteiger partial charge in [0.15, 0.2) is 0 Å². The summed E-state index contributed by atoms with van der Waals surface area (Å²) in [6.07, 6.45) is 0. The fraction of sp³-hybridized carbons (Fsp3) is 0. The molecule has 8 heteroatoms. The van der Waals surface area contributed by atoms with Gasteiger partial charge in [-0.15, -0.1) is 0 Å². The third-order valence-electron chi connectivity index (χ3n) is 0. The zero-order chi connectivity index (χ0) is 4.50. The molecule has 0 saturated heterocycles. The SMILES string of the molecule is O=P([O-])([O-])[O-].[F-].[K+].[V+5]. The van der Waals surface area contributed by atoms with Gasteiger partial charge in [0.2, 0.25) is 0 Å². The van der Waals surface area contributed by atoms with E-state index in [1.165, 1.54) is 0 Å². The summed E-state index contributed by atoms with van der Waals surface area (Å²) >= 11 is 0. The number of halogens is 1. The molecule has 40 valence electrons. The van der Waals surface area contributed by atoms with Gasteiger partial charge in [-0.1, -0.05) is 0 Å². The van der Waals surface area contributed by atoms with E-state index in [4.69, 9.17) is 19.2 Å². The van der Waals surface area contributed by atoms with Crippen LogP contribution in [0.4, 0.5) is 0 Å². The van der Waals surface area contributed by atoms with Gasteiger partial charge in [0.1, 0.15) is 0 Å². The van der Waals surface area contributed by atoms with Gasteiger partial charge in [0.25, 0.3) is 0 Å². The van der Waals surface area contributed by atoms with Crippen LogP contribution in [0, 0.1) is 0 Å². The standard InChI is InChI=1S/FH.K.H3O4P.V/c;;1-5(2,3)4;/h1H;;(H3,1,2,3,4);/q;+1;;+5/p-4. The van der Waals surface area contributed by atoms with E-state index in [1.54, 1.807) is 0 Å². The first-order valence-electron chi connectivity index (χ1n) is 0.730. The fourth-order valence-corrected chi connectivity index (χ4v) is 0. The van der Waals surface area contributed by atoms with Gasteiger partial charge in [0.05, 0.1) is 0 Å². The number of rotatable bonds is 0. The number of hydrogen-bond donors (Lipinski definition) is 0. The molecule has 0 bridgehead atoms. The van der Waals surface area contributed by atoms with Crippen molar-refractivity contribution >= 4 is 7.82 Å². The van der Waals surface area contributed by atoms with E-state index in [2.05, 4.69) is 0 Å². The normalized spacial score (nSPS) is 7.38. The van der Waals surface area contributed by atoms with Crippen LogP contribution in [0.5, 0.6) is 0 Å². The Kier molecular flexibility index (Phi) is 26.0. The summed E-state index contributed by atoms with van der Waals surface area (Å²) in [5.41, 5.74) is 0. The van der Waals surface area contributed by atoms with Crippen molar-refractivity contribution in [3.05, 3.63) is 0 Å². The molecule has 0 N–H and O–H groups in total. The summed E-state index contributed by atoms with van der Waals surface area (Å²) in [6.45, 7) is 0. The predicted octanol–water partition coefficient (Wildman–Crippen LogP) is -8.82. The Morgan fingerprint density at radius 3 is 1.12 bits per heavy atom. The first-order chi connectivity index (χ1) is 2.00. The summed E-state index contributed by atoms with van der Waals surface area (Å²) in [5.74, 6) is 0. The molecule has 0 aliphatic carbocycles. The zero-order valence-electron chi connectivity index (χ0n) is 3.91. The second kappa shape index (κ2) is 9.26. The minimum atomic E-state index is -5.39. The van der Waals surface area contributed by atoms with Crippen LogP contribution >= 0.6 is 7.82 Å². The largest absolute Gasteiger partial charge is 5.00 e. The van der Waals surface area contributed by atoms with Crippen molar-refractivity contribution in [1.82, 2.24) is 0 Å². The zero-order valence-corrected chi connectivity index (χ0v) is 9.32. The molecule has 0 aliphatic heterocycles. The third-order valence-corrected chi connectivity index (χ3v) is 0. The molecule has 0 fully saturated rings. The number of hydrogen-bond acceptors (Lipinski definition) is 4. The van der Waals surface area contributed by atoms with Crippen LogP contribution in [0.25, 0.3) is 0 Å². The maximum Gasteiger partial charge on any atom is 5.00 e. The van der Waals surface area contributed by atoms with Gasteiger partial charge in [0, 0.05) is 0 Å². The van der Waals surface area contributed by atoms with Crippen molar-refractivity contribution in [2.45, 2.75) is 0 Å². The van der Waals surface area contributed by atoms with E-state index in [-0.39, 0.29) is 74.6 Å².